The first-order valence-corrected chi connectivity index (χ1v) is 30.6. The van der Waals surface area contributed by atoms with Crippen LogP contribution in [0, 0.1) is 0 Å². The Labute approximate surface area is 434 Å². The third-order valence-electron chi connectivity index (χ3n) is 13.5. The Hall–Kier alpha value is -1.30. The number of carbonyl (C=O) groups excluding carboxylic acids is 2. The standard InChI is InChI=1S/C60H119NO9/c1-5-9-13-17-27-39-53-67-59(68-54-40-28-18-14-10-6-2)45-43-57(63)65-51-37-31-23-21-25-33-47-61(49-35-36-50-62)48-34-26-22-24-32-38-52-66-58(64)44-46-60(69-55-41-29-19-15-11-7-3)70-56-42-30-20-16-12-8-4/h59-60,62H,5-56H2,1-4H3. The molecule has 10 nitrogen and oxygen atoms in total. The van der Waals surface area contributed by atoms with Crippen LogP contribution in [0.4, 0.5) is 0 Å². The first-order chi connectivity index (χ1) is 34.5. The summed E-state index contributed by atoms with van der Waals surface area (Å²) in [5.74, 6) is -0.278. The van der Waals surface area contributed by atoms with Crippen LogP contribution < -0.4 is 0 Å². The first-order valence-electron chi connectivity index (χ1n) is 30.6. The number of ether oxygens (including phenoxy) is 6. The van der Waals surface area contributed by atoms with Gasteiger partial charge in [0.05, 0.1) is 26.1 Å². The fourth-order valence-corrected chi connectivity index (χ4v) is 8.88. The Morgan fingerprint density at radius 2 is 0.571 bits per heavy atom. The minimum atomic E-state index is -0.318. The lowest BCUT2D eigenvalue weighted by Gasteiger charge is -2.22. The fraction of sp³-hybridized carbons (Fsp3) is 0.967. The summed E-state index contributed by atoms with van der Waals surface area (Å²) in [7, 11) is 0. The molecule has 0 aliphatic carbocycles. The van der Waals surface area contributed by atoms with Gasteiger partial charge in [0.25, 0.3) is 0 Å². The van der Waals surface area contributed by atoms with Crippen molar-refractivity contribution in [3.63, 3.8) is 0 Å². The highest BCUT2D eigenvalue weighted by Gasteiger charge is 2.15. The Morgan fingerprint density at radius 1 is 0.329 bits per heavy atom. The molecule has 0 rings (SSSR count). The summed E-state index contributed by atoms with van der Waals surface area (Å²) >= 11 is 0. The van der Waals surface area contributed by atoms with Crippen LogP contribution in [0.25, 0.3) is 0 Å². The Bertz CT molecular complexity index is 924. The van der Waals surface area contributed by atoms with Gasteiger partial charge in [0.15, 0.2) is 12.6 Å². The highest BCUT2D eigenvalue weighted by molar-refractivity contribution is 5.69. The molecule has 0 amide bonds. The van der Waals surface area contributed by atoms with Gasteiger partial charge in [0, 0.05) is 45.9 Å². The zero-order chi connectivity index (χ0) is 50.9. The largest absolute Gasteiger partial charge is 0.466 e. The summed E-state index contributed by atoms with van der Waals surface area (Å²) in [6.45, 7) is 16.3. The summed E-state index contributed by atoms with van der Waals surface area (Å²) in [6.07, 6.45) is 46.2. The van der Waals surface area contributed by atoms with Gasteiger partial charge in [-0.15, -0.1) is 0 Å². The van der Waals surface area contributed by atoms with Crippen molar-refractivity contribution >= 4 is 11.9 Å². The highest BCUT2D eigenvalue weighted by Crippen LogP contribution is 2.16. The predicted octanol–water partition coefficient (Wildman–Crippen LogP) is 16.5. The predicted molar refractivity (Wildman–Crippen MR) is 293 cm³/mol. The average Bonchev–Trinajstić information content (AvgIpc) is 3.36. The molecule has 0 unspecified atom stereocenters. The number of aliphatic hydroxyl groups excluding tert-OH is 1. The van der Waals surface area contributed by atoms with Crippen LogP contribution in [-0.4, -0.2) is 100 Å². The van der Waals surface area contributed by atoms with Crippen LogP contribution in [0.1, 0.15) is 297 Å². The van der Waals surface area contributed by atoms with Crippen molar-refractivity contribution in [1.29, 1.82) is 0 Å². The minimum Gasteiger partial charge on any atom is -0.466 e. The fourth-order valence-electron chi connectivity index (χ4n) is 8.88. The lowest BCUT2D eigenvalue weighted by molar-refractivity contribution is -0.159. The molecule has 0 aliphatic rings. The molecule has 0 aromatic rings. The summed E-state index contributed by atoms with van der Waals surface area (Å²) in [4.78, 5) is 27.8. The number of hydrogen-bond donors (Lipinski definition) is 1. The van der Waals surface area contributed by atoms with Gasteiger partial charge in [-0.25, -0.2) is 0 Å². The van der Waals surface area contributed by atoms with Crippen LogP contribution in [-0.2, 0) is 38.0 Å². The maximum atomic E-state index is 12.6. The molecule has 0 aliphatic heterocycles. The van der Waals surface area contributed by atoms with Gasteiger partial charge in [-0.2, -0.15) is 0 Å². The van der Waals surface area contributed by atoms with E-state index < -0.39 is 0 Å². The summed E-state index contributed by atoms with van der Waals surface area (Å²) in [6, 6.07) is 0. The van der Waals surface area contributed by atoms with E-state index in [2.05, 4.69) is 32.6 Å². The van der Waals surface area contributed by atoms with Gasteiger partial charge in [-0.05, 0) is 83.8 Å². The maximum absolute atomic E-state index is 12.6. The van der Waals surface area contributed by atoms with E-state index in [-0.39, 0.29) is 31.1 Å². The van der Waals surface area contributed by atoms with Gasteiger partial charge >= 0.3 is 11.9 Å². The number of rotatable bonds is 60. The smallest absolute Gasteiger partial charge is 0.305 e. The molecule has 0 saturated heterocycles. The van der Waals surface area contributed by atoms with E-state index in [1.807, 2.05) is 0 Å². The van der Waals surface area contributed by atoms with E-state index in [9.17, 15) is 14.7 Å². The summed E-state index contributed by atoms with van der Waals surface area (Å²) in [5.41, 5.74) is 0. The van der Waals surface area contributed by atoms with Crippen LogP contribution in [0.3, 0.4) is 0 Å². The number of carbonyl (C=O) groups is 2. The van der Waals surface area contributed by atoms with Gasteiger partial charge in [-0.1, -0.05) is 207 Å². The van der Waals surface area contributed by atoms with Gasteiger partial charge < -0.3 is 38.4 Å². The maximum Gasteiger partial charge on any atom is 0.305 e. The molecular formula is C60H119NO9. The van der Waals surface area contributed by atoms with E-state index in [4.69, 9.17) is 28.4 Å². The van der Waals surface area contributed by atoms with Crippen molar-refractivity contribution in [1.82, 2.24) is 4.90 Å². The van der Waals surface area contributed by atoms with Crippen molar-refractivity contribution in [3.8, 4) is 0 Å². The third-order valence-corrected chi connectivity index (χ3v) is 13.5. The molecule has 0 fully saturated rings. The average molecular weight is 999 g/mol. The van der Waals surface area contributed by atoms with Crippen molar-refractivity contribution < 1.29 is 43.1 Å². The number of aliphatic hydroxyl groups is 1. The van der Waals surface area contributed by atoms with Crippen LogP contribution in [0.15, 0.2) is 0 Å². The van der Waals surface area contributed by atoms with E-state index >= 15 is 0 Å². The van der Waals surface area contributed by atoms with E-state index in [0.717, 1.165) is 83.8 Å². The minimum absolute atomic E-state index is 0.139. The molecular weight excluding hydrogens is 879 g/mol. The Balaban J connectivity index is 4.21. The SMILES string of the molecule is CCCCCCCCOC(CCC(=O)OCCCCCCCCN(CCCCO)CCCCCCCCOC(=O)CCC(OCCCCCCCC)OCCCCCCCC)OCCCCCCCC. The van der Waals surface area contributed by atoms with E-state index in [1.54, 1.807) is 0 Å². The second-order valence-electron chi connectivity index (χ2n) is 20.4. The summed E-state index contributed by atoms with van der Waals surface area (Å²) in [5, 5.41) is 9.36. The molecule has 1 N–H and O–H groups in total. The molecule has 10 heteroatoms. The topological polar surface area (TPSA) is 113 Å². The van der Waals surface area contributed by atoms with Crippen molar-refractivity contribution in [2.45, 2.75) is 310 Å². The quantitative estimate of drug-likeness (QED) is 0.0359. The molecule has 0 aromatic heterocycles. The molecule has 0 heterocycles. The Kier molecular flexibility index (Phi) is 57.5. The molecule has 0 aromatic carbocycles. The van der Waals surface area contributed by atoms with Crippen LogP contribution >= 0.6 is 0 Å². The van der Waals surface area contributed by atoms with E-state index in [0.29, 0.717) is 65.3 Å². The van der Waals surface area contributed by atoms with Gasteiger partial charge in [0.1, 0.15) is 0 Å². The molecule has 0 spiro atoms. The third kappa shape index (κ3) is 53.0. The van der Waals surface area contributed by atoms with Crippen LogP contribution in [0.5, 0.6) is 0 Å². The Morgan fingerprint density at radius 3 is 0.857 bits per heavy atom. The zero-order valence-electron chi connectivity index (χ0n) is 47.1. The first kappa shape index (κ1) is 68.7. The second kappa shape index (κ2) is 58.6. The number of unbranched alkanes of at least 4 members (excludes halogenated alkanes) is 31. The lowest BCUT2D eigenvalue weighted by Crippen LogP contribution is -2.27. The molecule has 0 saturated carbocycles. The molecule has 418 valence electrons. The molecule has 70 heavy (non-hydrogen) atoms. The van der Waals surface area contributed by atoms with Gasteiger partial charge in [0.2, 0.25) is 0 Å². The number of hydrogen-bond acceptors (Lipinski definition) is 10. The van der Waals surface area contributed by atoms with E-state index in [1.165, 1.54) is 180 Å². The molecule has 0 radical (unpaired) electrons. The lowest BCUT2D eigenvalue weighted by atomic mass is 10.1. The van der Waals surface area contributed by atoms with Crippen molar-refractivity contribution in [3.05, 3.63) is 0 Å². The number of esters is 2. The van der Waals surface area contributed by atoms with Gasteiger partial charge in [-0.3, -0.25) is 9.59 Å². The highest BCUT2D eigenvalue weighted by atomic mass is 16.7. The van der Waals surface area contributed by atoms with Crippen molar-refractivity contribution in [2.75, 3.05) is 65.9 Å². The molecule has 0 bridgehead atoms. The summed E-state index contributed by atoms with van der Waals surface area (Å²) < 4.78 is 35.6. The normalized spacial score (nSPS) is 11.8. The molecule has 0 atom stereocenters. The zero-order valence-corrected chi connectivity index (χ0v) is 47.1. The monoisotopic (exact) mass is 998 g/mol. The number of nitrogens with zero attached hydrogens (tertiary/aromatic N) is 1. The second-order valence-corrected chi connectivity index (χ2v) is 20.4. The van der Waals surface area contributed by atoms with Crippen LogP contribution in [0.2, 0.25) is 0 Å². The van der Waals surface area contributed by atoms with Crippen molar-refractivity contribution in [2.24, 2.45) is 0 Å².